The number of ether oxygens (including phenoxy) is 1. The Balaban J connectivity index is 1.57. The molecule has 2 atom stereocenters. The molecule has 1 heterocycles. The number of carbonyl (C=O) groups excluding carboxylic acids is 1. The van der Waals surface area contributed by atoms with Crippen LogP contribution < -0.4 is 10.1 Å². The number of rotatable bonds is 6. The molecule has 28 heavy (non-hydrogen) atoms. The number of hydrogen-bond donors (Lipinski definition) is 3. The fourth-order valence-electron chi connectivity index (χ4n) is 2.40. The molecule has 2 aromatic carbocycles. The first-order valence-electron chi connectivity index (χ1n) is 8.07. The van der Waals surface area contributed by atoms with Crippen LogP contribution in [0.5, 0.6) is 5.75 Å². The molecule has 0 saturated carbocycles. The number of nitrogens with one attached hydrogen (secondary N) is 1. The van der Waals surface area contributed by atoms with E-state index in [1.165, 1.54) is 12.1 Å². The summed E-state index contributed by atoms with van der Waals surface area (Å²) in [7, 11) is 0. The first-order chi connectivity index (χ1) is 13.2. The average Bonchev–Trinajstić information content (AvgIpc) is 3.09. The number of hydrogen-bond acceptors (Lipinski definition) is 6. The van der Waals surface area contributed by atoms with E-state index in [1.807, 2.05) is 12.1 Å². The molecule has 0 fully saturated rings. The summed E-state index contributed by atoms with van der Waals surface area (Å²) in [6.07, 6.45) is -8.02. The van der Waals surface area contributed by atoms with Crippen LogP contribution in [-0.4, -0.2) is 33.6 Å². The number of para-hydroxylation sites is 1. The maximum Gasteiger partial charge on any atom is 0.573 e. The van der Waals surface area contributed by atoms with Crippen LogP contribution >= 0.6 is 11.3 Å². The third-order valence-electron chi connectivity index (χ3n) is 3.75. The molecular formula is C18H15F3N2O4S. The van der Waals surface area contributed by atoms with E-state index >= 15 is 0 Å². The van der Waals surface area contributed by atoms with E-state index in [4.69, 9.17) is 0 Å². The number of nitrogens with zero attached hydrogens (tertiary/aromatic N) is 1. The van der Waals surface area contributed by atoms with Crippen LogP contribution in [0.25, 0.3) is 10.2 Å². The molecule has 0 spiro atoms. The molecule has 2 unspecified atom stereocenters. The third kappa shape index (κ3) is 4.97. The molecule has 10 heteroatoms. The number of aliphatic hydroxyl groups is 2. The second-order valence-corrected chi connectivity index (χ2v) is 6.88. The number of amides is 1. The molecule has 148 valence electrons. The molecule has 0 aliphatic heterocycles. The van der Waals surface area contributed by atoms with Crippen LogP contribution in [0.15, 0.2) is 48.5 Å². The van der Waals surface area contributed by atoms with Crippen molar-refractivity contribution in [1.82, 2.24) is 10.3 Å². The number of thiazole rings is 1. The molecule has 0 aliphatic carbocycles. The van der Waals surface area contributed by atoms with Crippen LogP contribution in [-0.2, 0) is 11.3 Å². The van der Waals surface area contributed by atoms with Crippen molar-refractivity contribution in [2.45, 2.75) is 25.1 Å². The molecule has 0 aliphatic rings. The van der Waals surface area contributed by atoms with Gasteiger partial charge in [0.25, 0.3) is 5.91 Å². The second-order valence-electron chi connectivity index (χ2n) is 5.82. The zero-order valence-corrected chi connectivity index (χ0v) is 15.0. The molecule has 0 radical (unpaired) electrons. The summed E-state index contributed by atoms with van der Waals surface area (Å²) in [4.78, 5) is 16.3. The highest BCUT2D eigenvalue weighted by Crippen LogP contribution is 2.28. The minimum absolute atomic E-state index is 0.0469. The number of aromatic nitrogens is 1. The molecule has 0 saturated heterocycles. The molecule has 3 N–H and O–H groups in total. The van der Waals surface area contributed by atoms with Crippen molar-refractivity contribution in [2.24, 2.45) is 0 Å². The summed E-state index contributed by atoms with van der Waals surface area (Å²) in [5.41, 5.74) is 1.14. The Morgan fingerprint density at radius 2 is 1.82 bits per heavy atom. The lowest BCUT2D eigenvalue weighted by molar-refractivity contribution is -0.274. The van der Waals surface area contributed by atoms with Gasteiger partial charge in [0.15, 0.2) is 6.10 Å². The van der Waals surface area contributed by atoms with Crippen molar-refractivity contribution in [2.75, 3.05) is 0 Å². The van der Waals surface area contributed by atoms with Gasteiger partial charge in [0.05, 0.1) is 10.2 Å². The van der Waals surface area contributed by atoms with Gasteiger partial charge < -0.3 is 20.3 Å². The second kappa shape index (κ2) is 8.13. The first-order valence-corrected chi connectivity index (χ1v) is 8.88. The first kappa shape index (κ1) is 20.1. The highest BCUT2D eigenvalue weighted by atomic mass is 32.1. The lowest BCUT2D eigenvalue weighted by atomic mass is 10.1. The predicted octanol–water partition coefficient (Wildman–Crippen LogP) is 2.91. The van der Waals surface area contributed by atoms with Gasteiger partial charge in [0.1, 0.15) is 16.9 Å². The molecular weight excluding hydrogens is 397 g/mol. The summed E-state index contributed by atoms with van der Waals surface area (Å²) in [6, 6.07) is 12.1. The summed E-state index contributed by atoms with van der Waals surface area (Å²) >= 11 is 1.16. The van der Waals surface area contributed by atoms with Gasteiger partial charge in [-0.1, -0.05) is 24.3 Å². The van der Waals surface area contributed by atoms with Crippen LogP contribution in [0.4, 0.5) is 13.2 Å². The topological polar surface area (TPSA) is 91.7 Å². The van der Waals surface area contributed by atoms with Crippen molar-refractivity contribution in [3.8, 4) is 5.75 Å². The standard InChI is InChI=1S/C18H15F3N2O4S/c19-18(20,21)27-11-7-5-10(6-8-11)9-22-16(26)14(24)15(25)17-23-12-3-1-2-4-13(12)28-17/h1-8,14-15,24-25H,9H2,(H,22,26). The number of halogens is 3. The van der Waals surface area contributed by atoms with E-state index in [0.717, 1.165) is 28.2 Å². The molecule has 6 nitrogen and oxygen atoms in total. The molecule has 1 amide bonds. The maximum atomic E-state index is 12.1. The van der Waals surface area contributed by atoms with Gasteiger partial charge >= 0.3 is 6.36 Å². The summed E-state index contributed by atoms with van der Waals surface area (Å²) in [5.74, 6) is -1.21. The number of aliphatic hydroxyl groups excluding tert-OH is 2. The van der Waals surface area contributed by atoms with Crippen LogP contribution in [0, 0.1) is 0 Å². The summed E-state index contributed by atoms with van der Waals surface area (Å²) < 4.78 is 41.0. The zero-order valence-electron chi connectivity index (χ0n) is 14.2. The largest absolute Gasteiger partial charge is 0.573 e. The minimum Gasteiger partial charge on any atom is -0.406 e. The zero-order chi connectivity index (χ0) is 20.3. The lowest BCUT2D eigenvalue weighted by Gasteiger charge is -2.15. The Hall–Kier alpha value is -2.69. The van der Waals surface area contributed by atoms with Gasteiger partial charge in [-0.2, -0.15) is 0 Å². The Bertz CT molecular complexity index is 926. The van der Waals surface area contributed by atoms with Crippen LogP contribution in [0.1, 0.15) is 16.7 Å². The van der Waals surface area contributed by atoms with E-state index in [2.05, 4.69) is 15.0 Å². The average molecular weight is 412 g/mol. The molecule has 3 aromatic rings. The monoisotopic (exact) mass is 412 g/mol. The smallest absolute Gasteiger partial charge is 0.406 e. The van der Waals surface area contributed by atoms with Gasteiger partial charge in [-0.15, -0.1) is 24.5 Å². The van der Waals surface area contributed by atoms with Crippen molar-refractivity contribution in [3.05, 3.63) is 59.1 Å². The van der Waals surface area contributed by atoms with Gasteiger partial charge in [-0.05, 0) is 29.8 Å². The van der Waals surface area contributed by atoms with E-state index in [-0.39, 0.29) is 17.3 Å². The van der Waals surface area contributed by atoms with Crippen molar-refractivity contribution < 1.29 is 32.9 Å². The fourth-order valence-corrected chi connectivity index (χ4v) is 3.38. The normalized spacial score (nSPS) is 13.9. The van der Waals surface area contributed by atoms with Crippen LogP contribution in [0.3, 0.4) is 0 Å². The third-order valence-corrected chi connectivity index (χ3v) is 4.86. The van der Waals surface area contributed by atoms with E-state index in [9.17, 15) is 28.2 Å². The maximum absolute atomic E-state index is 12.1. The van der Waals surface area contributed by atoms with Crippen molar-refractivity contribution >= 4 is 27.5 Å². The Labute approximate surface area is 161 Å². The van der Waals surface area contributed by atoms with Gasteiger partial charge in [0, 0.05) is 6.54 Å². The summed E-state index contributed by atoms with van der Waals surface area (Å²) in [5, 5.41) is 22.9. The van der Waals surface area contributed by atoms with Crippen LogP contribution in [0.2, 0.25) is 0 Å². The number of fused-ring (bicyclic) bond motifs is 1. The van der Waals surface area contributed by atoms with E-state index < -0.39 is 24.5 Å². The minimum atomic E-state index is -4.78. The number of alkyl halides is 3. The highest BCUT2D eigenvalue weighted by Gasteiger charge is 2.31. The SMILES string of the molecule is O=C(NCc1ccc(OC(F)(F)F)cc1)C(O)C(O)c1nc2ccccc2s1. The quantitative estimate of drug-likeness (QED) is 0.579. The van der Waals surface area contributed by atoms with Gasteiger partial charge in [-0.25, -0.2) is 4.98 Å². The van der Waals surface area contributed by atoms with Crippen molar-refractivity contribution in [1.29, 1.82) is 0 Å². The predicted molar refractivity (Wildman–Crippen MR) is 95.6 cm³/mol. The Morgan fingerprint density at radius 1 is 1.14 bits per heavy atom. The van der Waals surface area contributed by atoms with E-state index in [0.29, 0.717) is 11.1 Å². The number of benzene rings is 2. The summed E-state index contributed by atoms with van der Waals surface area (Å²) in [6.45, 7) is -0.0469. The van der Waals surface area contributed by atoms with E-state index in [1.54, 1.807) is 12.1 Å². The Kier molecular flexibility index (Phi) is 5.82. The lowest BCUT2D eigenvalue weighted by Crippen LogP contribution is -2.38. The van der Waals surface area contributed by atoms with Gasteiger partial charge in [-0.3, -0.25) is 4.79 Å². The molecule has 3 rings (SSSR count). The van der Waals surface area contributed by atoms with Gasteiger partial charge in [0.2, 0.25) is 0 Å². The molecule has 0 bridgehead atoms. The number of carbonyl (C=O) groups is 1. The molecule has 1 aromatic heterocycles. The Morgan fingerprint density at radius 3 is 2.46 bits per heavy atom. The van der Waals surface area contributed by atoms with Crippen molar-refractivity contribution in [3.63, 3.8) is 0 Å². The highest BCUT2D eigenvalue weighted by molar-refractivity contribution is 7.18. The fraction of sp³-hybridized carbons (Fsp3) is 0.222.